The third-order valence-corrected chi connectivity index (χ3v) is 3.42. The number of carboxylic acids is 1. The van der Waals surface area contributed by atoms with Crippen LogP contribution in [-0.4, -0.2) is 22.0 Å². The van der Waals surface area contributed by atoms with E-state index in [0.29, 0.717) is 10.4 Å². The van der Waals surface area contributed by atoms with Crippen LogP contribution in [0.25, 0.3) is 6.08 Å². The second-order valence-electron chi connectivity index (χ2n) is 4.11. The molecule has 0 saturated heterocycles. The first-order chi connectivity index (χ1) is 9.95. The summed E-state index contributed by atoms with van der Waals surface area (Å²) in [7, 11) is 0. The Bertz CT molecular complexity index is 725. The number of aromatic nitrogens is 1. The lowest BCUT2D eigenvalue weighted by atomic mass is 10.2. The van der Waals surface area contributed by atoms with Gasteiger partial charge in [-0.2, -0.15) is 0 Å². The highest BCUT2D eigenvalue weighted by Gasteiger charge is 2.12. The lowest BCUT2D eigenvalue weighted by Gasteiger charge is -2.05. The van der Waals surface area contributed by atoms with Crippen molar-refractivity contribution in [2.45, 2.75) is 6.92 Å². The second kappa shape index (κ2) is 6.27. The number of rotatable bonds is 4. The van der Waals surface area contributed by atoms with Gasteiger partial charge in [-0.25, -0.2) is 14.2 Å². The molecule has 0 spiro atoms. The summed E-state index contributed by atoms with van der Waals surface area (Å²) >= 11 is 1.21. The Hall–Kier alpha value is -2.54. The zero-order valence-corrected chi connectivity index (χ0v) is 11.8. The van der Waals surface area contributed by atoms with Crippen LogP contribution >= 0.6 is 11.3 Å². The molecule has 2 N–H and O–H groups in total. The van der Waals surface area contributed by atoms with Gasteiger partial charge >= 0.3 is 5.97 Å². The molecule has 2 rings (SSSR count). The van der Waals surface area contributed by atoms with Gasteiger partial charge in [0.2, 0.25) is 0 Å². The molecule has 2 aromatic rings. The average Bonchev–Trinajstić information content (AvgIpc) is 2.86. The van der Waals surface area contributed by atoms with E-state index in [1.807, 2.05) is 0 Å². The summed E-state index contributed by atoms with van der Waals surface area (Å²) < 4.78 is 13.8. The lowest BCUT2D eigenvalue weighted by molar-refractivity contribution is -0.131. The molecule has 0 bridgehead atoms. The third-order valence-electron chi connectivity index (χ3n) is 2.50. The molecule has 0 saturated carbocycles. The quantitative estimate of drug-likeness (QED) is 0.851. The predicted molar refractivity (Wildman–Crippen MR) is 77.9 cm³/mol. The van der Waals surface area contributed by atoms with Crippen molar-refractivity contribution in [3.63, 3.8) is 0 Å². The fourth-order valence-corrected chi connectivity index (χ4v) is 2.23. The Labute approximate surface area is 123 Å². The summed E-state index contributed by atoms with van der Waals surface area (Å²) in [5.41, 5.74) is 0.417. The molecule has 1 aromatic carbocycles. The average molecular weight is 306 g/mol. The zero-order valence-electron chi connectivity index (χ0n) is 11.0. The minimum absolute atomic E-state index is 0.0264. The van der Waals surface area contributed by atoms with Crippen molar-refractivity contribution in [2.75, 3.05) is 5.32 Å². The number of benzene rings is 1. The molecule has 0 unspecified atom stereocenters. The van der Waals surface area contributed by atoms with Gasteiger partial charge in [0.05, 0.1) is 16.9 Å². The van der Waals surface area contributed by atoms with E-state index in [0.717, 1.165) is 17.2 Å². The number of carbonyl (C=O) groups is 2. The Kier molecular flexibility index (Phi) is 4.44. The SMILES string of the molecule is Cc1ncc(C(=O)Nc2ccc(/C=C/C(=O)O)cc2F)s1. The number of hydrogen-bond donors (Lipinski definition) is 2. The molecule has 0 aliphatic carbocycles. The largest absolute Gasteiger partial charge is 0.478 e. The van der Waals surface area contributed by atoms with Crippen molar-refractivity contribution < 1.29 is 19.1 Å². The number of hydrogen-bond acceptors (Lipinski definition) is 4. The number of halogens is 1. The molecule has 21 heavy (non-hydrogen) atoms. The number of thiazole rings is 1. The third kappa shape index (κ3) is 3.96. The van der Waals surface area contributed by atoms with E-state index in [2.05, 4.69) is 10.3 Å². The number of amides is 1. The van der Waals surface area contributed by atoms with Crippen LogP contribution in [0.15, 0.2) is 30.5 Å². The van der Waals surface area contributed by atoms with Gasteiger partial charge in [0.1, 0.15) is 10.7 Å². The zero-order chi connectivity index (χ0) is 15.4. The summed E-state index contributed by atoms with van der Waals surface area (Å²) in [4.78, 5) is 26.6. The highest BCUT2D eigenvalue weighted by Crippen LogP contribution is 2.19. The Morgan fingerprint density at radius 2 is 2.19 bits per heavy atom. The van der Waals surface area contributed by atoms with Crippen molar-refractivity contribution >= 4 is 35.0 Å². The Morgan fingerprint density at radius 1 is 1.43 bits per heavy atom. The van der Waals surface area contributed by atoms with Crippen LogP contribution in [0.3, 0.4) is 0 Å². The summed E-state index contributed by atoms with van der Waals surface area (Å²) in [6.07, 6.45) is 3.61. The fourth-order valence-electron chi connectivity index (χ4n) is 1.55. The van der Waals surface area contributed by atoms with Gasteiger partial charge < -0.3 is 10.4 Å². The van der Waals surface area contributed by atoms with Gasteiger partial charge in [0.15, 0.2) is 0 Å². The molecule has 108 valence electrons. The Morgan fingerprint density at radius 3 is 2.76 bits per heavy atom. The van der Waals surface area contributed by atoms with E-state index in [-0.39, 0.29) is 5.69 Å². The van der Waals surface area contributed by atoms with Crippen molar-refractivity contribution in [2.24, 2.45) is 0 Å². The van der Waals surface area contributed by atoms with Crippen molar-refractivity contribution in [1.82, 2.24) is 4.98 Å². The number of aryl methyl sites for hydroxylation is 1. The van der Waals surface area contributed by atoms with Gasteiger partial charge in [-0.3, -0.25) is 4.79 Å². The fraction of sp³-hybridized carbons (Fsp3) is 0.0714. The van der Waals surface area contributed by atoms with E-state index >= 15 is 0 Å². The first-order valence-corrected chi connectivity index (χ1v) is 6.71. The number of aliphatic carboxylic acids is 1. The number of anilines is 1. The Balaban J connectivity index is 2.14. The van der Waals surface area contributed by atoms with Crippen LogP contribution in [-0.2, 0) is 4.79 Å². The first kappa shape index (κ1) is 14.9. The molecule has 1 heterocycles. The van der Waals surface area contributed by atoms with Gasteiger partial charge in [-0.05, 0) is 30.7 Å². The van der Waals surface area contributed by atoms with Crippen LogP contribution in [0.5, 0.6) is 0 Å². The maximum Gasteiger partial charge on any atom is 0.328 e. The first-order valence-electron chi connectivity index (χ1n) is 5.90. The van der Waals surface area contributed by atoms with Crippen LogP contribution in [0.4, 0.5) is 10.1 Å². The summed E-state index contributed by atoms with van der Waals surface area (Å²) in [5.74, 6) is -2.20. The standard InChI is InChI=1S/C14H11FN2O3S/c1-8-16-7-12(21-8)14(20)17-11-4-2-9(6-10(11)15)3-5-13(18)19/h2-7H,1H3,(H,17,20)(H,18,19)/b5-3+. The highest BCUT2D eigenvalue weighted by atomic mass is 32.1. The summed E-state index contributed by atoms with van der Waals surface area (Å²) in [6.45, 7) is 1.77. The second-order valence-corrected chi connectivity index (χ2v) is 5.34. The van der Waals surface area contributed by atoms with E-state index in [1.54, 1.807) is 6.92 Å². The predicted octanol–water partition coefficient (Wildman–Crippen LogP) is 2.94. The van der Waals surface area contributed by atoms with Crippen LogP contribution in [0, 0.1) is 12.7 Å². The number of nitrogens with one attached hydrogen (secondary N) is 1. The van der Waals surface area contributed by atoms with Gasteiger partial charge in [-0.1, -0.05) is 6.07 Å². The highest BCUT2D eigenvalue weighted by molar-refractivity contribution is 7.13. The molecule has 7 heteroatoms. The van der Waals surface area contributed by atoms with E-state index in [1.165, 1.54) is 35.7 Å². The van der Waals surface area contributed by atoms with E-state index in [4.69, 9.17) is 5.11 Å². The number of carboxylic acid groups (broad SMARTS) is 1. The molecule has 5 nitrogen and oxygen atoms in total. The lowest BCUT2D eigenvalue weighted by Crippen LogP contribution is -2.11. The number of nitrogens with zero attached hydrogens (tertiary/aromatic N) is 1. The maximum absolute atomic E-state index is 13.8. The van der Waals surface area contributed by atoms with Crippen molar-refractivity contribution in [3.05, 3.63) is 51.7 Å². The van der Waals surface area contributed by atoms with Gasteiger partial charge in [0, 0.05) is 6.08 Å². The van der Waals surface area contributed by atoms with Gasteiger partial charge in [0.25, 0.3) is 5.91 Å². The molecule has 1 aromatic heterocycles. The molecule has 0 radical (unpaired) electrons. The summed E-state index contributed by atoms with van der Waals surface area (Å²) in [6, 6.07) is 4.03. The topological polar surface area (TPSA) is 79.3 Å². The smallest absolute Gasteiger partial charge is 0.328 e. The van der Waals surface area contributed by atoms with Crippen LogP contribution < -0.4 is 5.32 Å². The molecule has 0 atom stereocenters. The minimum Gasteiger partial charge on any atom is -0.478 e. The molecular weight excluding hydrogens is 295 g/mol. The molecule has 0 aliphatic rings. The molecule has 0 aliphatic heterocycles. The van der Waals surface area contributed by atoms with Crippen molar-refractivity contribution in [3.8, 4) is 0 Å². The normalized spacial score (nSPS) is 10.8. The monoisotopic (exact) mass is 306 g/mol. The van der Waals surface area contributed by atoms with Gasteiger partial charge in [-0.15, -0.1) is 11.3 Å². The molecular formula is C14H11FN2O3S. The molecule has 1 amide bonds. The maximum atomic E-state index is 13.8. The van der Waals surface area contributed by atoms with E-state index in [9.17, 15) is 14.0 Å². The van der Waals surface area contributed by atoms with Crippen LogP contribution in [0.2, 0.25) is 0 Å². The van der Waals surface area contributed by atoms with Crippen LogP contribution in [0.1, 0.15) is 20.2 Å². The number of carbonyl (C=O) groups excluding carboxylic acids is 1. The van der Waals surface area contributed by atoms with Crippen molar-refractivity contribution in [1.29, 1.82) is 0 Å². The molecule has 0 fully saturated rings. The van der Waals surface area contributed by atoms with E-state index < -0.39 is 17.7 Å². The minimum atomic E-state index is -1.12. The summed E-state index contributed by atoms with van der Waals surface area (Å²) in [5, 5.41) is 11.7.